The van der Waals surface area contributed by atoms with Crippen LogP contribution in [0.1, 0.15) is 33.6 Å². The van der Waals surface area contributed by atoms with Crippen molar-refractivity contribution in [3.05, 3.63) is 88.3 Å². The average Bonchev–Trinajstić information content (AvgIpc) is 3.52. The van der Waals surface area contributed by atoms with Gasteiger partial charge in [0, 0.05) is 59.9 Å². The summed E-state index contributed by atoms with van der Waals surface area (Å²) in [5.41, 5.74) is 4.60. The zero-order chi connectivity index (χ0) is 32.6. The van der Waals surface area contributed by atoms with Gasteiger partial charge in [-0.2, -0.15) is 18.2 Å². The van der Waals surface area contributed by atoms with Gasteiger partial charge in [0.15, 0.2) is 0 Å². The van der Waals surface area contributed by atoms with Gasteiger partial charge in [-0.3, -0.25) is 14.7 Å². The molecular weight excluding hydrogens is 614 g/mol. The Morgan fingerprint density at radius 3 is 2.33 bits per heavy atom. The molecule has 1 aliphatic heterocycles. The van der Waals surface area contributed by atoms with E-state index in [9.17, 15) is 22.4 Å². The van der Waals surface area contributed by atoms with Gasteiger partial charge < -0.3 is 20.6 Å². The van der Waals surface area contributed by atoms with E-state index in [1.807, 2.05) is 40.9 Å². The number of hydrogen-bond donors (Lipinski definition) is 3. The van der Waals surface area contributed by atoms with Crippen molar-refractivity contribution in [2.75, 3.05) is 30.8 Å². The van der Waals surface area contributed by atoms with E-state index in [1.54, 1.807) is 42.7 Å². The maximum atomic E-state index is 13.5. The number of aryl methyl sites for hydroxylation is 1. The van der Waals surface area contributed by atoms with Crippen LogP contribution < -0.4 is 10.6 Å². The van der Waals surface area contributed by atoms with Gasteiger partial charge in [0.25, 0.3) is 5.91 Å². The lowest BCUT2D eigenvalue weighted by molar-refractivity contribution is -0.192. The summed E-state index contributed by atoms with van der Waals surface area (Å²) in [5, 5.41) is 13.5. The molecule has 238 valence electrons. The molecule has 15 heteroatoms. The molecule has 0 bridgehead atoms. The van der Waals surface area contributed by atoms with Gasteiger partial charge in [-0.25, -0.2) is 14.2 Å². The summed E-state index contributed by atoms with van der Waals surface area (Å²) in [6.07, 6.45) is 0.400. The SMILES string of the molecule is Cc1cc(Nc2ccnc(Nc3ccc(C(=O)N4CCC(N(C)Cc5cncs5)CC4)cc3)n2)ccc1F.O=C(O)C(F)(F)F. The van der Waals surface area contributed by atoms with Gasteiger partial charge in [0.05, 0.1) is 5.51 Å². The normalized spacial score (nSPS) is 13.6. The molecule has 3 N–H and O–H groups in total. The van der Waals surface area contributed by atoms with Gasteiger partial charge >= 0.3 is 12.1 Å². The molecular formula is C30H31F4N7O3S. The molecule has 0 spiro atoms. The molecule has 2 aromatic carbocycles. The zero-order valence-corrected chi connectivity index (χ0v) is 25.2. The second-order valence-electron chi connectivity index (χ2n) is 10.3. The molecule has 45 heavy (non-hydrogen) atoms. The summed E-state index contributed by atoms with van der Waals surface area (Å²) >= 11 is 1.68. The zero-order valence-electron chi connectivity index (χ0n) is 24.4. The third-order valence-corrected chi connectivity index (χ3v) is 7.74. The molecule has 10 nitrogen and oxygen atoms in total. The Bertz CT molecular complexity index is 1580. The van der Waals surface area contributed by atoms with Crippen LogP contribution in [0.15, 0.2) is 66.4 Å². The molecule has 1 amide bonds. The van der Waals surface area contributed by atoms with Crippen molar-refractivity contribution in [2.45, 2.75) is 38.5 Å². The topological polar surface area (TPSA) is 124 Å². The first-order valence-corrected chi connectivity index (χ1v) is 14.7. The highest BCUT2D eigenvalue weighted by Gasteiger charge is 2.38. The number of rotatable bonds is 8. The largest absolute Gasteiger partial charge is 0.490 e. The number of anilines is 4. The molecule has 1 saturated heterocycles. The van der Waals surface area contributed by atoms with Gasteiger partial charge in [-0.15, -0.1) is 11.3 Å². The van der Waals surface area contributed by atoms with Gasteiger partial charge in [-0.1, -0.05) is 0 Å². The first kappa shape index (κ1) is 33.3. The number of carboxylic acid groups (broad SMARTS) is 1. The smallest absolute Gasteiger partial charge is 0.475 e. The van der Waals surface area contributed by atoms with E-state index in [4.69, 9.17) is 9.90 Å². The van der Waals surface area contributed by atoms with Crippen molar-refractivity contribution in [3.8, 4) is 0 Å². The Morgan fingerprint density at radius 1 is 1.07 bits per heavy atom. The fourth-order valence-corrected chi connectivity index (χ4v) is 5.23. The highest BCUT2D eigenvalue weighted by atomic mass is 32.1. The van der Waals surface area contributed by atoms with E-state index < -0.39 is 12.1 Å². The third-order valence-electron chi connectivity index (χ3n) is 6.98. The second kappa shape index (κ2) is 14.9. The average molecular weight is 646 g/mol. The summed E-state index contributed by atoms with van der Waals surface area (Å²) in [5.74, 6) is -1.95. The van der Waals surface area contributed by atoms with E-state index in [2.05, 4.69) is 37.5 Å². The van der Waals surface area contributed by atoms with Gasteiger partial charge in [0.1, 0.15) is 11.6 Å². The number of alkyl halides is 3. The number of piperidine rings is 1. The number of carbonyl (C=O) groups excluding carboxylic acids is 1. The second-order valence-corrected chi connectivity index (χ2v) is 11.2. The van der Waals surface area contributed by atoms with E-state index in [1.165, 1.54) is 10.9 Å². The monoisotopic (exact) mass is 645 g/mol. The van der Waals surface area contributed by atoms with Crippen LogP contribution >= 0.6 is 11.3 Å². The number of carboxylic acids is 1. The van der Waals surface area contributed by atoms with Crippen LogP contribution in [0.3, 0.4) is 0 Å². The van der Waals surface area contributed by atoms with Crippen molar-refractivity contribution in [3.63, 3.8) is 0 Å². The molecule has 0 aliphatic carbocycles. The molecule has 5 rings (SSSR count). The number of aromatic nitrogens is 3. The predicted molar refractivity (Wildman–Crippen MR) is 162 cm³/mol. The van der Waals surface area contributed by atoms with Crippen LogP contribution in [0, 0.1) is 12.7 Å². The van der Waals surface area contributed by atoms with E-state index in [0.29, 0.717) is 28.9 Å². The minimum absolute atomic E-state index is 0.0529. The summed E-state index contributed by atoms with van der Waals surface area (Å²) in [4.78, 5) is 40.5. The summed E-state index contributed by atoms with van der Waals surface area (Å²) in [6.45, 7) is 4.11. The highest BCUT2D eigenvalue weighted by Crippen LogP contribution is 2.23. The lowest BCUT2D eigenvalue weighted by Crippen LogP contribution is -2.45. The highest BCUT2D eigenvalue weighted by molar-refractivity contribution is 7.09. The van der Waals surface area contributed by atoms with Crippen molar-refractivity contribution in [1.29, 1.82) is 0 Å². The summed E-state index contributed by atoms with van der Waals surface area (Å²) in [6, 6.07) is 14.4. The van der Waals surface area contributed by atoms with Crippen LogP contribution in [0.2, 0.25) is 0 Å². The predicted octanol–water partition coefficient (Wildman–Crippen LogP) is 6.24. The quantitative estimate of drug-likeness (QED) is 0.191. The van der Waals surface area contributed by atoms with Crippen molar-refractivity contribution in [1.82, 2.24) is 24.8 Å². The molecule has 2 aromatic heterocycles. The van der Waals surface area contributed by atoms with Gasteiger partial charge in [-0.05, 0) is 80.9 Å². The Kier molecular flexibility index (Phi) is 11.0. The lowest BCUT2D eigenvalue weighted by atomic mass is 10.0. The summed E-state index contributed by atoms with van der Waals surface area (Å²) in [7, 11) is 2.15. The number of thiazole rings is 1. The molecule has 0 unspecified atom stereocenters. The van der Waals surface area contributed by atoms with E-state index in [-0.39, 0.29) is 11.7 Å². The van der Waals surface area contributed by atoms with Crippen LogP contribution in [-0.4, -0.2) is 74.1 Å². The fourth-order valence-electron chi connectivity index (χ4n) is 4.57. The van der Waals surface area contributed by atoms with Crippen molar-refractivity contribution < 1.29 is 32.3 Å². The van der Waals surface area contributed by atoms with E-state index >= 15 is 0 Å². The Morgan fingerprint density at radius 2 is 1.73 bits per heavy atom. The number of nitrogens with one attached hydrogen (secondary N) is 2. The van der Waals surface area contributed by atoms with Crippen LogP contribution in [0.4, 0.5) is 40.7 Å². The first-order valence-electron chi connectivity index (χ1n) is 13.8. The fraction of sp³-hybridized carbons (Fsp3) is 0.300. The number of hydrogen-bond acceptors (Lipinski definition) is 9. The van der Waals surface area contributed by atoms with E-state index in [0.717, 1.165) is 43.9 Å². The molecule has 0 saturated carbocycles. The molecule has 0 atom stereocenters. The molecule has 1 aliphatic rings. The first-order chi connectivity index (χ1) is 21.4. The Balaban J connectivity index is 0.000000591. The molecule has 1 fully saturated rings. The number of carbonyl (C=O) groups is 2. The number of halogens is 4. The van der Waals surface area contributed by atoms with Crippen molar-refractivity contribution >= 4 is 46.4 Å². The summed E-state index contributed by atoms with van der Waals surface area (Å²) < 4.78 is 45.3. The lowest BCUT2D eigenvalue weighted by Gasteiger charge is -2.36. The standard InChI is InChI=1S/C28H30FN7OS.C2HF3O2/c1-19-15-22(7-8-25(19)29)32-26-9-12-31-28(34-26)33-21-5-3-20(4-6-21)27(37)36-13-10-23(11-14-36)35(2)17-24-16-30-18-38-24;3-2(4,5)1(6)7/h3-9,12,15-16,18,23H,10-11,13-14,17H2,1-2H3,(H2,31,32,33,34);(H,6,7). The Labute approximate surface area is 260 Å². The maximum Gasteiger partial charge on any atom is 0.490 e. The molecule has 4 aromatic rings. The molecule has 0 radical (unpaired) electrons. The number of aliphatic carboxylic acids is 1. The maximum absolute atomic E-state index is 13.5. The molecule has 3 heterocycles. The Hall–Kier alpha value is -4.63. The number of benzene rings is 2. The number of likely N-dealkylation sites (tertiary alicyclic amines) is 1. The van der Waals surface area contributed by atoms with Gasteiger partial charge in [0.2, 0.25) is 5.95 Å². The minimum Gasteiger partial charge on any atom is -0.475 e. The third kappa shape index (κ3) is 9.68. The van der Waals surface area contributed by atoms with Crippen LogP contribution in [-0.2, 0) is 11.3 Å². The van der Waals surface area contributed by atoms with Crippen molar-refractivity contribution in [2.24, 2.45) is 0 Å². The minimum atomic E-state index is -5.08. The van der Waals surface area contributed by atoms with Crippen LogP contribution in [0.5, 0.6) is 0 Å². The van der Waals surface area contributed by atoms with Crippen LogP contribution in [0.25, 0.3) is 0 Å². The number of amides is 1. The number of nitrogens with zero attached hydrogens (tertiary/aromatic N) is 5.